The van der Waals surface area contributed by atoms with Crippen molar-refractivity contribution >= 4 is 40.4 Å². The third-order valence-corrected chi connectivity index (χ3v) is 5.68. The molecule has 2 aliphatic heterocycles. The van der Waals surface area contributed by atoms with Crippen molar-refractivity contribution in [3.8, 4) is 11.5 Å². The maximum atomic E-state index is 13.6. The molecule has 0 saturated heterocycles. The zero-order valence-corrected chi connectivity index (χ0v) is 18.2. The Labute approximate surface area is 190 Å². The summed E-state index contributed by atoms with van der Waals surface area (Å²) in [6.45, 7) is 4.05. The average Bonchev–Trinajstić information content (AvgIpc) is 3.31. The lowest BCUT2D eigenvalue weighted by Crippen LogP contribution is -2.32. The Morgan fingerprint density at radius 1 is 0.906 bits per heavy atom. The molecular weight excluding hydrogens is 428 g/mol. The highest BCUT2D eigenvalue weighted by Crippen LogP contribution is 2.38. The van der Waals surface area contributed by atoms with Gasteiger partial charge in [0.05, 0.1) is 11.3 Å². The first-order valence-corrected chi connectivity index (χ1v) is 10.4. The molecule has 2 amide bonds. The number of ether oxygens (including phenoxy) is 2. The summed E-state index contributed by atoms with van der Waals surface area (Å²) in [5.41, 5.74) is 4.20. The summed E-state index contributed by atoms with van der Waals surface area (Å²) in [5, 5.41) is 3.59. The van der Waals surface area contributed by atoms with Gasteiger partial charge in [-0.25, -0.2) is 4.90 Å². The molecule has 0 fully saturated rings. The lowest BCUT2D eigenvalue weighted by Gasteiger charge is -2.16. The molecule has 2 aliphatic rings. The van der Waals surface area contributed by atoms with Gasteiger partial charge in [0.1, 0.15) is 5.70 Å². The highest BCUT2D eigenvalue weighted by atomic mass is 35.5. The van der Waals surface area contributed by atoms with E-state index in [1.165, 1.54) is 0 Å². The molecule has 0 unspecified atom stereocenters. The van der Waals surface area contributed by atoms with Crippen LogP contribution in [0.2, 0.25) is 5.02 Å². The Morgan fingerprint density at radius 2 is 1.72 bits per heavy atom. The monoisotopic (exact) mass is 446 g/mol. The van der Waals surface area contributed by atoms with Gasteiger partial charge in [-0.3, -0.25) is 9.59 Å². The minimum Gasteiger partial charge on any atom is -0.454 e. The Bertz CT molecular complexity index is 1320. The Kier molecular flexibility index (Phi) is 4.87. The summed E-state index contributed by atoms with van der Waals surface area (Å²) in [4.78, 5) is 28.2. The summed E-state index contributed by atoms with van der Waals surface area (Å²) >= 11 is 6.13. The fourth-order valence-electron chi connectivity index (χ4n) is 3.96. The van der Waals surface area contributed by atoms with Gasteiger partial charge >= 0.3 is 0 Å². The molecule has 7 heteroatoms. The summed E-state index contributed by atoms with van der Waals surface area (Å²) in [5.74, 6) is 0.345. The van der Waals surface area contributed by atoms with E-state index in [4.69, 9.17) is 21.1 Å². The van der Waals surface area contributed by atoms with Crippen LogP contribution in [0.4, 0.5) is 11.4 Å². The van der Waals surface area contributed by atoms with Crippen molar-refractivity contribution in [2.24, 2.45) is 0 Å². The molecule has 0 aromatic heterocycles. The van der Waals surface area contributed by atoms with Gasteiger partial charge < -0.3 is 14.8 Å². The zero-order valence-electron chi connectivity index (χ0n) is 17.4. The standard InChI is InChI=1S/C25H19ClN2O4/c1-14-6-8-19(15(2)10-14)22-23(27-17-7-9-20-21(12-17)32-13-31-20)25(30)28(24(22)29)18-5-3-4-16(26)11-18/h3-12,27H,13H2,1-2H3. The van der Waals surface area contributed by atoms with Crippen LogP contribution in [0.15, 0.2) is 66.4 Å². The number of rotatable bonds is 4. The largest absolute Gasteiger partial charge is 0.454 e. The number of aryl methyl sites for hydroxylation is 2. The second-order valence-electron chi connectivity index (χ2n) is 7.69. The average molecular weight is 447 g/mol. The Balaban J connectivity index is 1.63. The molecule has 0 spiro atoms. The van der Waals surface area contributed by atoms with E-state index in [9.17, 15) is 9.59 Å². The number of amides is 2. The first kappa shape index (κ1) is 20.2. The van der Waals surface area contributed by atoms with Gasteiger partial charge in [-0.2, -0.15) is 0 Å². The number of halogens is 1. The number of carbonyl (C=O) groups excluding carboxylic acids is 2. The number of fused-ring (bicyclic) bond motifs is 1. The summed E-state index contributed by atoms with van der Waals surface area (Å²) in [7, 11) is 0. The fourth-order valence-corrected chi connectivity index (χ4v) is 4.14. The summed E-state index contributed by atoms with van der Waals surface area (Å²) < 4.78 is 10.8. The van der Waals surface area contributed by atoms with E-state index in [0.717, 1.165) is 16.0 Å². The lowest BCUT2D eigenvalue weighted by molar-refractivity contribution is -0.120. The van der Waals surface area contributed by atoms with E-state index < -0.39 is 11.8 Å². The van der Waals surface area contributed by atoms with Gasteiger partial charge in [-0.1, -0.05) is 41.4 Å². The van der Waals surface area contributed by atoms with Crippen LogP contribution in [0.25, 0.3) is 5.57 Å². The minimum absolute atomic E-state index is 0.148. The van der Waals surface area contributed by atoms with Gasteiger partial charge in [0.15, 0.2) is 11.5 Å². The summed E-state index contributed by atoms with van der Waals surface area (Å²) in [6.07, 6.45) is 0. The van der Waals surface area contributed by atoms with Crippen LogP contribution in [-0.4, -0.2) is 18.6 Å². The maximum Gasteiger partial charge on any atom is 0.282 e. The van der Waals surface area contributed by atoms with Crippen LogP contribution in [-0.2, 0) is 9.59 Å². The molecule has 0 radical (unpaired) electrons. The molecule has 6 nitrogen and oxygen atoms in total. The smallest absolute Gasteiger partial charge is 0.282 e. The molecule has 0 saturated carbocycles. The maximum absolute atomic E-state index is 13.6. The van der Waals surface area contributed by atoms with Crippen LogP contribution >= 0.6 is 11.6 Å². The molecular formula is C25H19ClN2O4. The van der Waals surface area contributed by atoms with Crippen LogP contribution in [0.1, 0.15) is 16.7 Å². The van der Waals surface area contributed by atoms with E-state index in [-0.39, 0.29) is 12.5 Å². The normalized spacial score (nSPS) is 15.0. The van der Waals surface area contributed by atoms with Crippen LogP contribution < -0.4 is 19.7 Å². The number of hydrogen-bond acceptors (Lipinski definition) is 5. The fraction of sp³-hybridized carbons (Fsp3) is 0.120. The van der Waals surface area contributed by atoms with Crippen LogP contribution in [0.3, 0.4) is 0 Å². The highest BCUT2D eigenvalue weighted by molar-refractivity contribution is 6.46. The second kappa shape index (κ2) is 7.73. The number of hydrogen-bond donors (Lipinski definition) is 1. The van der Waals surface area contributed by atoms with E-state index in [0.29, 0.717) is 39.0 Å². The molecule has 0 bridgehead atoms. The van der Waals surface area contributed by atoms with Gasteiger partial charge in [-0.05, 0) is 55.3 Å². The number of anilines is 2. The van der Waals surface area contributed by atoms with Crippen molar-refractivity contribution in [1.82, 2.24) is 0 Å². The zero-order chi connectivity index (χ0) is 22.4. The number of nitrogens with one attached hydrogen (secondary N) is 1. The first-order chi connectivity index (χ1) is 15.4. The van der Waals surface area contributed by atoms with Crippen molar-refractivity contribution in [3.05, 3.63) is 88.1 Å². The molecule has 5 rings (SSSR count). The molecule has 2 heterocycles. The third kappa shape index (κ3) is 3.39. The van der Waals surface area contributed by atoms with Crippen molar-refractivity contribution in [2.45, 2.75) is 13.8 Å². The number of carbonyl (C=O) groups is 2. The van der Waals surface area contributed by atoms with Gasteiger partial charge in [0, 0.05) is 16.8 Å². The van der Waals surface area contributed by atoms with Crippen LogP contribution in [0, 0.1) is 13.8 Å². The van der Waals surface area contributed by atoms with Crippen molar-refractivity contribution in [3.63, 3.8) is 0 Å². The number of nitrogens with zero attached hydrogens (tertiary/aromatic N) is 1. The quantitative estimate of drug-likeness (QED) is 0.566. The molecule has 0 atom stereocenters. The van der Waals surface area contributed by atoms with Crippen molar-refractivity contribution in [1.29, 1.82) is 0 Å². The molecule has 160 valence electrons. The second-order valence-corrected chi connectivity index (χ2v) is 8.12. The molecule has 0 aliphatic carbocycles. The van der Waals surface area contributed by atoms with E-state index >= 15 is 0 Å². The SMILES string of the molecule is Cc1ccc(C2=C(Nc3ccc4c(c3)OCO4)C(=O)N(c3cccc(Cl)c3)C2=O)c(C)c1. The topological polar surface area (TPSA) is 67.9 Å². The Hall–Kier alpha value is -3.77. The van der Waals surface area contributed by atoms with Gasteiger partial charge in [0.2, 0.25) is 6.79 Å². The van der Waals surface area contributed by atoms with E-state index in [2.05, 4.69) is 5.32 Å². The molecule has 1 N–H and O–H groups in total. The number of benzene rings is 3. The first-order valence-electron chi connectivity index (χ1n) is 10.1. The summed E-state index contributed by atoms with van der Waals surface area (Å²) in [6, 6.07) is 17.7. The van der Waals surface area contributed by atoms with Crippen LogP contribution in [0.5, 0.6) is 11.5 Å². The van der Waals surface area contributed by atoms with Crippen molar-refractivity contribution < 1.29 is 19.1 Å². The minimum atomic E-state index is -0.454. The molecule has 3 aromatic carbocycles. The lowest BCUT2D eigenvalue weighted by atomic mass is 9.97. The van der Waals surface area contributed by atoms with Gasteiger partial charge in [-0.15, -0.1) is 0 Å². The van der Waals surface area contributed by atoms with Crippen molar-refractivity contribution in [2.75, 3.05) is 17.0 Å². The third-order valence-electron chi connectivity index (χ3n) is 5.44. The Morgan fingerprint density at radius 3 is 2.50 bits per heavy atom. The molecule has 3 aromatic rings. The molecule has 32 heavy (non-hydrogen) atoms. The van der Waals surface area contributed by atoms with E-state index in [1.54, 1.807) is 42.5 Å². The highest BCUT2D eigenvalue weighted by Gasteiger charge is 2.41. The van der Waals surface area contributed by atoms with Gasteiger partial charge in [0.25, 0.3) is 11.8 Å². The predicted molar refractivity (Wildman–Crippen MR) is 123 cm³/mol. The predicted octanol–water partition coefficient (Wildman–Crippen LogP) is 5.08. The van der Waals surface area contributed by atoms with E-state index in [1.807, 2.05) is 32.0 Å². The number of imide groups is 1.